The smallest absolute Gasteiger partial charge is 0.254 e. The van der Waals surface area contributed by atoms with Gasteiger partial charge >= 0.3 is 0 Å². The zero-order valence-corrected chi connectivity index (χ0v) is 18.8. The predicted octanol–water partition coefficient (Wildman–Crippen LogP) is 4.36. The molecular formula is C25H25FN6O. The molecule has 2 N–H and O–H groups in total. The highest BCUT2D eigenvalue weighted by molar-refractivity contribution is 6.06. The van der Waals surface area contributed by atoms with Crippen molar-refractivity contribution in [3.8, 4) is 11.3 Å². The van der Waals surface area contributed by atoms with E-state index in [1.807, 2.05) is 36.5 Å². The van der Waals surface area contributed by atoms with Gasteiger partial charge in [0.05, 0.1) is 23.0 Å². The minimum Gasteiger partial charge on any atom is -0.370 e. The van der Waals surface area contributed by atoms with Gasteiger partial charge in [-0.1, -0.05) is 32.0 Å². The van der Waals surface area contributed by atoms with Crippen molar-refractivity contribution in [3.05, 3.63) is 77.8 Å². The lowest BCUT2D eigenvalue weighted by atomic mass is 10.0. The third-order valence-corrected chi connectivity index (χ3v) is 5.43. The molecule has 3 aromatic heterocycles. The Bertz CT molecular complexity index is 1290. The Morgan fingerprint density at radius 2 is 1.91 bits per heavy atom. The van der Waals surface area contributed by atoms with Crippen LogP contribution in [0.5, 0.6) is 0 Å². The number of fused-ring (bicyclic) bond motifs is 1. The van der Waals surface area contributed by atoms with Gasteiger partial charge in [-0.2, -0.15) is 0 Å². The Kier molecular flexibility index (Phi) is 6.53. The summed E-state index contributed by atoms with van der Waals surface area (Å²) < 4.78 is 14.2. The average molecular weight is 445 g/mol. The molecule has 0 aliphatic heterocycles. The van der Waals surface area contributed by atoms with Gasteiger partial charge in [0.15, 0.2) is 5.82 Å². The zero-order chi connectivity index (χ0) is 23.4. The third kappa shape index (κ3) is 4.79. The maximum absolute atomic E-state index is 14.2. The van der Waals surface area contributed by atoms with Gasteiger partial charge in [-0.15, -0.1) is 0 Å². The number of benzene rings is 1. The summed E-state index contributed by atoms with van der Waals surface area (Å²) in [6.45, 7) is 4.79. The molecule has 0 fully saturated rings. The SMILES string of the molecule is CNC(=O)c1c(F)cnc2c(CCNc3cc(-c4ccc(C(C)C)nc4)ncn3)cccc12. The molecule has 0 unspecified atom stereocenters. The van der Waals surface area contributed by atoms with Gasteiger partial charge in [0.25, 0.3) is 5.91 Å². The second-order valence-corrected chi connectivity index (χ2v) is 7.97. The Labute approximate surface area is 191 Å². The number of aromatic nitrogens is 4. The van der Waals surface area contributed by atoms with Gasteiger partial charge < -0.3 is 10.6 Å². The molecule has 1 aromatic carbocycles. The molecule has 1 amide bonds. The molecule has 7 nitrogen and oxygen atoms in total. The van der Waals surface area contributed by atoms with Crippen molar-refractivity contribution in [3.63, 3.8) is 0 Å². The molecule has 0 spiro atoms. The molecule has 33 heavy (non-hydrogen) atoms. The van der Waals surface area contributed by atoms with Crippen LogP contribution in [0.1, 0.15) is 41.4 Å². The van der Waals surface area contributed by atoms with E-state index >= 15 is 0 Å². The Balaban J connectivity index is 1.50. The summed E-state index contributed by atoms with van der Waals surface area (Å²) in [5.74, 6) is -0.0476. The molecular weight excluding hydrogens is 419 g/mol. The first kappa shape index (κ1) is 22.3. The highest BCUT2D eigenvalue weighted by Crippen LogP contribution is 2.24. The first-order valence-corrected chi connectivity index (χ1v) is 10.8. The number of nitrogens with zero attached hydrogens (tertiary/aromatic N) is 4. The van der Waals surface area contributed by atoms with Gasteiger partial charge in [0, 0.05) is 42.5 Å². The summed E-state index contributed by atoms with van der Waals surface area (Å²) >= 11 is 0. The van der Waals surface area contributed by atoms with Crippen molar-refractivity contribution < 1.29 is 9.18 Å². The largest absolute Gasteiger partial charge is 0.370 e. The van der Waals surface area contributed by atoms with Gasteiger partial charge in [-0.05, 0) is 30.0 Å². The van der Waals surface area contributed by atoms with E-state index in [2.05, 4.69) is 44.4 Å². The number of nitrogens with one attached hydrogen (secondary N) is 2. The number of pyridine rings is 2. The standard InChI is InChI=1S/C25H25FN6O/c1-15(2)20-8-7-17(12-29-20)21-11-22(32-14-31-21)28-10-9-16-5-4-6-18-23(25(33)27-3)19(26)13-30-24(16)18/h4-8,11-15H,9-10H2,1-3H3,(H,27,33)(H,28,31,32). The molecule has 3 heterocycles. The fraction of sp³-hybridized carbons (Fsp3) is 0.240. The minimum atomic E-state index is -0.637. The number of halogens is 1. The summed E-state index contributed by atoms with van der Waals surface area (Å²) in [5.41, 5.74) is 4.27. The van der Waals surface area contributed by atoms with E-state index in [4.69, 9.17) is 0 Å². The van der Waals surface area contributed by atoms with E-state index < -0.39 is 11.7 Å². The summed E-state index contributed by atoms with van der Waals surface area (Å²) in [7, 11) is 1.48. The number of amides is 1. The van der Waals surface area contributed by atoms with Crippen LogP contribution in [0.4, 0.5) is 10.2 Å². The molecule has 4 rings (SSSR count). The van der Waals surface area contributed by atoms with E-state index in [1.54, 1.807) is 6.07 Å². The van der Waals surface area contributed by atoms with Gasteiger partial charge in [-0.3, -0.25) is 14.8 Å². The molecule has 0 atom stereocenters. The summed E-state index contributed by atoms with van der Waals surface area (Å²) in [4.78, 5) is 29.6. The number of anilines is 1. The van der Waals surface area contributed by atoms with Crippen LogP contribution in [0.3, 0.4) is 0 Å². The second kappa shape index (κ2) is 9.68. The van der Waals surface area contributed by atoms with Crippen molar-refractivity contribution in [1.82, 2.24) is 25.3 Å². The maximum Gasteiger partial charge on any atom is 0.254 e. The molecule has 0 saturated carbocycles. The fourth-order valence-corrected chi connectivity index (χ4v) is 3.65. The molecule has 4 aromatic rings. The lowest BCUT2D eigenvalue weighted by Gasteiger charge is -2.11. The topological polar surface area (TPSA) is 92.7 Å². The number of hydrogen-bond acceptors (Lipinski definition) is 6. The molecule has 168 valence electrons. The van der Waals surface area contributed by atoms with Crippen LogP contribution < -0.4 is 10.6 Å². The van der Waals surface area contributed by atoms with Crippen LogP contribution in [-0.4, -0.2) is 39.4 Å². The van der Waals surface area contributed by atoms with Crippen molar-refractivity contribution in [2.75, 3.05) is 18.9 Å². The zero-order valence-electron chi connectivity index (χ0n) is 18.8. The molecule has 0 radical (unpaired) electrons. The second-order valence-electron chi connectivity index (χ2n) is 7.97. The van der Waals surface area contributed by atoms with Crippen LogP contribution in [0.15, 0.2) is 55.1 Å². The van der Waals surface area contributed by atoms with Crippen LogP contribution in [0.25, 0.3) is 22.2 Å². The fourth-order valence-electron chi connectivity index (χ4n) is 3.65. The van der Waals surface area contributed by atoms with Gasteiger partial charge in [0.1, 0.15) is 12.1 Å². The van der Waals surface area contributed by atoms with E-state index in [-0.39, 0.29) is 5.56 Å². The van der Waals surface area contributed by atoms with Crippen LogP contribution in [-0.2, 0) is 6.42 Å². The van der Waals surface area contributed by atoms with E-state index in [1.165, 1.54) is 13.4 Å². The first-order chi connectivity index (χ1) is 16.0. The summed E-state index contributed by atoms with van der Waals surface area (Å²) in [5, 5.41) is 6.29. The Morgan fingerprint density at radius 3 is 2.64 bits per heavy atom. The summed E-state index contributed by atoms with van der Waals surface area (Å²) in [6.07, 6.45) is 5.06. The highest BCUT2D eigenvalue weighted by Gasteiger charge is 2.17. The number of carbonyl (C=O) groups excluding carboxylic acids is 1. The number of carbonyl (C=O) groups is 1. The highest BCUT2D eigenvalue weighted by atomic mass is 19.1. The van der Waals surface area contributed by atoms with Gasteiger partial charge in [-0.25, -0.2) is 14.4 Å². The quantitative estimate of drug-likeness (QED) is 0.440. The van der Waals surface area contributed by atoms with Crippen molar-refractivity contribution in [2.45, 2.75) is 26.2 Å². The molecule has 0 aliphatic carbocycles. The third-order valence-electron chi connectivity index (χ3n) is 5.43. The van der Waals surface area contributed by atoms with Gasteiger partial charge in [0.2, 0.25) is 0 Å². The van der Waals surface area contributed by atoms with E-state index in [0.29, 0.717) is 35.6 Å². The minimum absolute atomic E-state index is 0.00912. The Morgan fingerprint density at radius 1 is 1.06 bits per heavy atom. The van der Waals surface area contributed by atoms with Crippen LogP contribution in [0, 0.1) is 5.82 Å². The first-order valence-electron chi connectivity index (χ1n) is 10.8. The lowest BCUT2D eigenvalue weighted by Crippen LogP contribution is -2.20. The van der Waals surface area contributed by atoms with E-state index in [0.717, 1.165) is 28.7 Å². The predicted molar refractivity (Wildman–Crippen MR) is 127 cm³/mol. The molecule has 0 aliphatic rings. The average Bonchev–Trinajstić information content (AvgIpc) is 2.84. The molecule has 0 bridgehead atoms. The van der Waals surface area contributed by atoms with Crippen LogP contribution in [0.2, 0.25) is 0 Å². The number of para-hydroxylation sites is 1. The molecule has 8 heteroatoms. The van der Waals surface area contributed by atoms with E-state index in [9.17, 15) is 9.18 Å². The number of rotatable bonds is 7. The lowest BCUT2D eigenvalue weighted by molar-refractivity contribution is 0.0961. The maximum atomic E-state index is 14.2. The number of hydrogen-bond donors (Lipinski definition) is 2. The van der Waals surface area contributed by atoms with Crippen molar-refractivity contribution >= 4 is 22.6 Å². The summed E-state index contributed by atoms with van der Waals surface area (Å²) in [6, 6.07) is 11.4. The normalized spacial score (nSPS) is 11.1. The van der Waals surface area contributed by atoms with Crippen molar-refractivity contribution in [2.24, 2.45) is 0 Å². The van der Waals surface area contributed by atoms with Crippen molar-refractivity contribution in [1.29, 1.82) is 0 Å². The monoisotopic (exact) mass is 444 g/mol. The Hall–Kier alpha value is -3.94. The van der Waals surface area contributed by atoms with Crippen LogP contribution >= 0.6 is 0 Å². The molecule has 0 saturated heterocycles.